The Morgan fingerprint density at radius 3 is 2.54 bits per heavy atom. The van der Waals surface area contributed by atoms with E-state index in [-0.39, 0.29) is 17.3 Å². The first-order valence-electron chi connectivity index (χ1n) is 7.53. The highest BCUT2D eigenvalue weighted by Gasteiger charge is 2.15. The van der Waals surface area contributed by atoms with E-state index in [0.717, 1.165) is 4.68 Å². The predicted octanol–water partition coefficient (Wildman–Crippen LogP) is 2.98. The third-order valence-electron chi connectivity index (χ3n) is 3.43. The summed E-state index contributed by atoms with van der Waals surface area (Å²) in [6, 6.07) is 17.7. The molecule has 0 amide bonds. The summed E-state index contributed by atoms with van der Waals surface area (Å²) in [5, 5.41) is 16.9. The van der Waals surface area contributed by atoms with E-state index in [1.54, 1.807) is 36.4 Å². The maximum atomic E-state index is 12.6. The molecule has 3 aromatic rings. The third kappa shape index (κ3) is 3.71. The summed E-state index contributed by atoms with van der Waals surface area (Å²) in [6.45, 7) is 0. The number of nitriles is 1. The van der Waals surface area contributed by atoms with Gasteiger partial charge in [-0.2, -0.15) is 20.0 Å². The molecule has 0 saturated carbocycles. The molecule has 3 rings (SSSR count). The van der Waals surface area contributed by atoms with E-state index in [1.807, 2.05) is 24.3 Å². The lowest BCUT2D eigenvalue weighted by Crippen LogP contribution is -2.25. The molecule has 8 heteroatoms. The number of benzene rings is 2. The summed E-state index contributed by atoms with van der Waals surface area (Å²) >= 11 is 5.83. The summed E-state index contributed by atoms with van der Waals surface area (Å²) in [5.74, 6) is -0.0585. The third-order valence-corrected chi connectivity index (χ3v) is 3.68. The second-order valence-corrected chi connectivity index (χ2v) is 5.65. The molecule has 0 fully saturated rings. The molecule has 0 bridgehead atoms. The van der Waals surface area contributed by atoms with Gasteiger partial charge in [0.15, 0.2) is 11.4 Å². The molecule has 7 nitrogen and oxygen atoms in total. The minimum Gasteiger partial charge on any atom is -0.368 e. The summed E-state index contributed by atoms with van der Waals surface area (Å²) < 4.78 is 0.878. The van der Waals surface area contributed by atoms with Crippen molar-refractivity contribution in [2.75, 3.05) is 11.1 Å². The number of halogens is 1. The van der Waals surface area contributed by atoms with Gasteiger partial charge in [-0.25, -0.2) is 0 Å². The monoisotopic (exact) mass is 364 g/mol. The molecule has 26 heavy (non-hydrogen) atoms. The van der Waals surface area contributed by atoms with Crippen LogP contribution in [-0.4, -0.2) is 15.9 Å². The van der Waals surface area contributed by atoms with Crippen molar-refractivity contribution in [1.29, 1.82) is 5.26 Å². The average molecular weight is 365 g/mol. The van der Waals surface area contributed by atoms with E-state index in [4.69, 9.17) is 17.3 Å². The zero-order valence-electron chi connectivity index (χ0n) is 13.4. The molecule has 0 aliphatic rings. The average Bonchev–Trinajstić information content (AvgIpc) is 2.64. The molecule has 0 saturated heterocycles. The highest BCUT2D eigenvalue weighted by Crippen LogP contribution is 2.17. The SMILES string of the molecule is N#Cc1c(Nc2ccccc2)nc(N)n(/N=C/c2ccc(Cl)cc2)c1=O. The molecule has 128 valence electrons. The van der Waals surface area contributed by atoms with Gasteiger partial charge in [0.25, 0.3) is 5.56 Å². The van der Waals surface area contributed by atoms with Crippen molar-refractivity contribution in [3.05, 3.63) is 81.1 Å². The quantitative estimate of drug-likeness (QED) is 0.691. The van der Waals surface area contributed by atoms with Crippen LogP contribution in [0.2, 0.25) is 5.02 Å². The molecular formula is C18H13ClN6O. The van der Waals surface area contributed by atoms with Crippen LogP contribution >= 0.6 is 11.6 Å². The van der Waals surface area contributed by atoms with Crippen LogP contribution in [0.5, 0.6) is 0 Å². The standard InChI is InChI=1S/C18H13ClN6O/c19-13-8-6-12(7-9-13)11-22-25-17(26)15(10-20)16(24-18(25)21)23-14-4-2-1-3-5-14/h1-9,11,23H,(H2,21,24)/b22-11+. The summed E-state index contributed by atoms with van der Waals surface area (Å²) in [6.07, 6.45) is 1.43. The fraction of sp³-hybridized carbons (Fsp3) is 0. The first-order chi connectivity index (χ1) is 12.6. The van der Waals surface area contributed by atoms with Crippen LogP contribution in [0.1, 0.15) is 11.1 Å². The highest BCUT2D eigenvalue weighted by molar-refractivity contribution is 6.30. The maximum absolute atomic E-state index is 12.6. The largest absolute Gasteiger partial charge is 0.368 e. The van der Waals surface area contributed by atoms with Crippen LogP contribution in [0.15, 0.2) is 64.5 Å². The van der Waals surface area contributed by atoms with Crippen LogP contribution < -0.4 is 16.6 Å². The number of para-hydroxylation sites is 1. The summed E-state index contributed by atoms with van der Waals surface area (Å²) in [7, 11) is 0. The van der Waals surface area contributed by atoms with E-state index in [0.29, 0.717) is 16.3 Å². The van der Waals surface area contributed by atoms with E-state index in [9.17, 15) is 10.1 Å². The second-order valence-electron chi connectivity index (χ2n) is 5.21. The number of anilines is 3. The predicted molar refractivity (Wildman–Crippen MR) is 102 cm³/mol. The molecule has 0 spiro atoms. The molecule has 0 aliphatic heterocycles. The van der Waals surface area contributed by atoms with Crippen LogP contribution in [0, 0.1) is 11.3 Å². The molecule has 1 aromatic heterocycles. The first-order valence-corrected chi connectivity index (χ1v) is 7.91. The van der Waals surface area contributed by atoms with Crippen LogP contribution in [0.4, 0.5) is 17.5 Å². The van der Waals surface area contributed by atoms with Crippen molar-refractivity contribution in [2.24, 2.45) is 5.10 Å². The Kier molecular flexibility index (Phi) is 4.97. The van der Waals surface area contributed by atoms with Crippen LogP contribution in [0.3, 0.4) is 0 Å². The molecule has 0 aliphatic carbocycles. The van der Waals surface area contributed by atoms with Gasteiger partial charge < -0.3 is 11.1 Å². The molecule has 1 heterocycles. The lowest BCUT2D eigenvalue weighted by molar-refractivity contribution is 0.816. The van der Waals surface area contributed by atoms with E-state index < -0.39 is 5.56 Å². The Morgan fingerprint density at radius 1 is 1.19 bits per heavy atom. The molecule has 2 aromatic carbocycles. The van der Waals surface area contributed by atoms with Crippen LogP contribution in [0.25, 0.3) is 0 Å². The topological polar surface area (TPSA) is 109 Å². The van der Waals surface area contributed by atoms with Crippen molar-refractivity contribution < 1.29 is 0 Å². The highest BCUT2D eigenvalue weighted by atomic mass is 35.5. The van der Waals surface area contributed by atoms with Crippen molar-refractivity contribution in [3.63, 3.8) is 0 Å². The first kappa shape index (κ1) is 17.2. The van der Waals surface area contributed by atoms with E-state index >= 15 is 0 Å². The number of nitrogen functional groups attached to an aromatic ring is 1. The smallest absolute Gasteiger partial charge is 0.295 e. The molecular weight excluding hydrogens is 352 g/mol. The maximum Gasteiger partial charge on any atom is 0.295 e. The zero-order chi connectivity index (χ0) is 18.5. The van der Waals surface area contributed by atoms with Gasteiger partial charge >= 0.3 is 0 Å². The van der Waals surface area contributed by atoms with Crippen molar-refractivity contribution in [3.8, 4) is 6.07 Å². The van der Waals surface area contributed by atoms with E-state index in [1.165, 1.54) is 6.21 Å². The Balaban J connectivity index is 1.99. The number of hydrogen-bond acceptors (Lipinski definition) is 6. The lowest BCUT2D eigenvalue weighted by atomic mass is 10.2. The molecule has 3 N–H and O–H groups in total. The van der Waals surface area contributed by atoms with Gasteiger partial charge in [0.05, 0.1) is 6.21 Å². The Labute approximate surface area is 154 Å². The van der Waals surface area contributed by atoms with Crippen molar-refractivity contribution in [1.82, 2.24) is 9.66 Å². The Morgan fingerprint density at radius 2 is 1.88 bits per heavy atom. The summed E-state index contributed by atoms with van der Waals surface area (Å²) in [4.78, 5) is 16.7. The van der Waals surface area contributed by atoms with Crippen molar-refractivity contribution in [2.45, 2.75) is 0 Å². The molecule has 0 atom stereocenters. The van der Waals surface area contributed by atoms with E-state index in [2.05, 4.69) is 15.4 Å². The summed E-state index contributed by atoms with van der Waals surface area (Å²) in [5.41, 5.74) is 6.40. The number of nitrogens with zero attached hydrogens (tertiary/aromatic N) is 4. The fourth-order valence-electron chi connectivity index (χ4n) is 2.16. The minimum absolute atomic E-state index is 0.0825. The van der Waals surface area contributed by atoms with Gasteiger partial charge in [-0.05, 0) is 29.8 Å². The number of nitrogens with one attached hydrogen (secondary N) is 1. The number of hydrogen-bond donors (Lipinski definition) is 2. The fourth-order valence-corrected chi connectivity index (χ4v) is 2.29. The lowest BCUT2D eigenvalue weighted by Gasteiger charge is -2.10. The Bertz CT molecular complexity index is 1050. The number of nitrogens with two attached hydrogens (primary N) is 1. The molecule has 0 radical (unpaired) electrons. The number of rotatable bonds is 4. The van der Waals surface area contributed by atoms with Gasteiger partial charge in [0.2, 0.25) is 5.95 Å². The van der Waals surface area contributed by atoms with Crippen LogP contribution in [-0.2, 0) is 0 Å². The number of aromatic nitrogens is 2. The second kappa shape index (κ2) is 7.51. The van der Waals surface area contributed by atoms with Gasteiger partial charge in [-0.3, -0.25) is 4.79 Å². The normalized spacial score (nSPS) is 10.6. The minimum atomic E-state index is -0.663. The zero-order valence-corrected chi connectivity index (χ0v) is 14.2. The van der Waals surface area contributed by atoms with Gasteiger partial charge in [-0.15, -0.1) is 0 Å². The van der Waals surface area contributed by atoms with Gasteiger partial charge in [0.1, 0.15) is 6.07 Å². The van der Waals surface area contributed by atoms with Gasteiger partial charge in [0, 0.05) is 10.7 Å². The Hall–Kier alpha value is -3.63. The van der Waals surface area contributed by atoms with Gasteiger partial charge in [-0.1, -0.05) is 41.9 Å². The molecule has 0 unspecified atom stereocenters. The van der Waals surface area contributed by atoms with Crippen molar-refractivity contribution >= 4 is 35.3 Å².